The van der Waals surface area contributed by atoms with Crippen molar-refractivity contribution < 1.29 is 0 Å². The molecule has 21 heavy (non-hydrogen) atoms. The molecule has 0 saturated carbocycles. The van der Waals surface area contributed by atoms with Crippen molar-refractivity contribution in [2.45, 2.75) is 13.3 Å². The largest absolute Gasteiger partial charge is 0.264 e. The predicted molar refractivity (Wildman–Crippen MR) is 82.7 cm³/mol. The summed E-state index contributed by atoms with van der Waals surface area (Å²) in [6, 6.07) is 9.63. The van der Waals surface area contributed by atoms with E-state index >= 15 is 0 Å². The lowest BCUT2D eigenvalue weighted by Crippen LogP contribution is -1.90. The van der Waals surface area contributed by atoms with E-state index in [1.165, 1.54) is 0 Å². The Morgan fingerprint density at radius 3 is 2.81 bits per heavy atom. The van der Waals surface area contributed by atoms with Crippen molar-refractivity contribution in [1.82, 2.24) is 15.0 Å². The maximum Gasteiger partial charge on any atom is 0.125 e. The average Bonchev–Trinajstić information content (AvgIpc) is 2.99. The van der Waals surface area contributed by atoms with Crippen molar-refractivity contribution in [2.24, 2.45) is 0 Å². The summed E-state index contributed by atoms with van der Waals surface area (Å²) < 4.78 is 0. The number of nitrogens with zero attached hydrogens (tertiary/aromatic N) is 4. The smallest absolute Gasteiger partial charge is 0.125 e. The van der Waals surface area contributed by atoms with Crippen LogP contribution in [0.25, 0.3) is 21.1 Å². The number of aryl methyl sites for hydroxylation is 1. The first-order chi connectivity index (χ1) is 10.3. The van der Waals surface area contributed by atoms with Crippen LogP contribution in [0.1, 0.15) is 18.2 Å². The van der Waals surface area contributed by atoms with Crippen LogP contribution in [0.3, 0.4) is 0 Å². The van der Waals surface area contributed by atoms with Gasteiger partial charge in [0.2, 0.25) is 0 Å². The molecular weight excluding hydrogens is 280 g/mol. The second-order valence-corrected chi connectivity index (χ2v) is 5.40. The maximum atomic E-state index is 9.25. The molecule has 0 fully saturated rings. The molecule has 0 spiro atoms. The lowest BCUT2D eigenvalue weighted by Gasteiger charge is -2.00. The van der Waals surface area contributed by atoms with Crippen LogP contribution in [0.15, 0.2) is 42.9 Å². The van der Waals surface area contributed by atoms with E-state index in [1.54, 1.807) is 42.1 Å². The van der Waals surface area contributed by atoms with E-state index in [2.05, 4.69) is 27.9 Å². The van der Waals surface area contributed by atoms with Gasteiger partial charge in [0.05, 0.1) is 21.8 Å². The number of rotatable bonds is 3. The van der Waals surface area contributed by atoms with Crippen LogP contribution < -0.4 is 0 Å². The number of hydrogen-bond acceptors (Lipinski definition) is 5. The first kappa shape index (κ1) is 13.4. The Bertz CT molecular complexity index is 803. The normalized spacial score (nSPS) is 10.3. The Balaban J connectivity index is 2.16. The highest BCUT2D eigenvalue weighted by Gasteiger charge is 2.16. The predicted octanol–water partition coefficient (Wildman–Crippen LogP) is 3.70. The second-order valence-electron chi connectivity index (χ2n) is 4.40. The summed E-state index contributed by atoms with van der Waals surface area (Å²) in [6.07, 6.45) is 6.05. The summed E-state index contributed by atoms with van der Waals surface area (Å²) in [6.45, 7) is 2.06. The summed E-state index contributed by atoms with van der Waals surface area (Å²) in [7, 11) is 0. The number of nitriles is 1. The Morgan fingerprint density at radius 2 is 2.10 bits per heavy atom. The van der Waals surface area contributed by atoms with Crippen molar-refractivity contribution in [2.75, 3.05) is 0 Å². The van der Waals surface area contributed by atoms with Crippen LogP contribution in [0.4, 0.5) is 0 Å². The van der Waals surface area contributed by atoms with E-state index in [1.807, 2.05) is 12.1 Å². The Kier molecular flexibility index (Phi) is 3.71. The first-order valence-corrected chi connectivity index (χ1v) is 7.40. The molecule has 102 valence electrons. The van der Waals surface area contributed by atoms with E-state index in [0.29, 0.717) is 11.3 Å². The van der Waals surface area contributed by atoms with E-state index < -0.39 is 0 Å². The Morgan fingerprint density at radius 1 is 1.24 bits per heavy atom. The molecule has 0 N–H and O–H groups in total. The van der Waals surface area contributed by atoms with E-state index in [4.69, 9.17) is 0 Å². The molecular formula is C16H12N4S. The molecule has 0 bridgehead atoms. The number of pyridine rings is 2. The number of aromatic nitrogens is 3. The number of thiazole rings is 1. The zero-order valence-electron chi connectivity index (χ0n) is 11.4. The van der Waals surface area contributed by atoms with Gasteiger partial charge >= 0.3 is 0 Å². The highest BCUT2D eigenvalue weighted by atomic mass is 32.1. The summed E-state index contributed by atoms with van der Waals surface area (Å²) in [5.74, 6) is 0. The maximum absolute atomic E-state index is 9.25. The molecule has 3 heterocycles. The molecule has 0 atom stereocenters. The van der Waals surface area contributed by atoms with E-state index in [9.17, 15) is 5.26 Å². The summed E-state index contributed by atoms with van der Waals surface area (Å²) >= 11 is 1.56. The standard InChI is InChI=1S/C16H12N4S/c1-2-13-15(14-11(9-17)5-4-8-19-14)21-16(20-13)12-6-3-7-18-10-12/h3-8,10H,2H2,1H3. The van der Waals surface area contributed by atoms with Gasteiger partial charge in [0, 0.05) is 24.2 Å². The minimum atomic E-state index is 0.577. The van der Waals surface area contributed by atoms with E-state index in [0.717, 1.165) is 27.6 Å². The van der Waals surface area contributed by atoms with Gasteiger partial charge < -0.3 is 0 Å². The zero-order chi connectivity index (χ0) is 14.7. The van der Waals surface area contributed by atoms with Gasteiger partial charge in [-0.25, -0.2) is 4.98 Å². The van der Waals surface area contributed by atoms with Crippen molar-refractivity contribution >= 4 is 11.3 Å². The van der Waals surface area contributed by atoms with Crippen molar-refractivity contribution in [3.63, 3.8) is 0 Å². The Labute approximate surface area is 126 Å². The minimum Gasteiger partial charge on any atom is -0.264 e. The highest BCUT2D eigenvalue weighted by Crippen LogP contribution is 2.35. The zero-order valence-corrected chi connectivity index (χ0v) is 12.3. The van der Waals surface area contributed by atoms with Gasteiger partial charge in [-0.1, -0.05) is 6.92 Å². The van der Waals surface area contributed by atoms with Crippen LogP contribution in [0, 0.1) is 11.3 Å². The Hall–Kier alpha value is -2.58. The fourth-order valence-electron chi connectivity index (χ4n) is 2.07. The monoisotopic (exact) mass is 292 g/mol. The molecule has 0 unspecified atom stereocenters. The molecule has 5 heteroatoms. The highest BCUT2D eigenvalue weighted by molar-refractivity contribution is 7.18. The summed E-state index contributed by atoms with van der Waals surface area (Å²) in [4.78, 5) is 14.1. The van der Waals surface area contributed by atoms with Gasteiger partial charge in [-0.15, -0.1) is 11.3 Å². The van der Waals surface area contributed by atoms with Crippen LogP contribution in [-0.2, 0) is 6.42 Å². The van der Waals surface area contributed by atoms with Crippen molar-refractivity contribution in [3.8, 4) is 27.2 Å². The fourth-order valence-corrected chi connectivity index (χ4v) is 3.22. The molecule has 0 aromatic carbocycles. The van der Waals surface area contributed by atoms with Gasteiger partial charge in [-0.2, -0.15) is 5.26 Å². The molecule has 3 aromatic rings. The third-order valence-electron chi connectivity index (χ3n) is 3.08. The molecule has 0 aliphatic rings. The van der Waals surface area contributed by atoms with Gasteiger partial charge in [-0.05, 0) is 30.7 Å². The van der Waals surface area contributed by atoms with Crippen LogP contribution in [0.2, 0.25) is 0 Å². The molecule has 0 amide bonds. The first-order valence-electron chi connectivity index (χ1n) is 6.59. The van der Waals surface area contributed by atoms with E-state index in [-0.39, 0.29) is 0 Å². The average molecular weight is 292 g/mol. The molecule has 0 radical (unpaired) electrons. The van der Waals surface area contributed by atoms with Crippen LogP contribution in [0.5, 0.6) is 0 Å². The van der Waals surface area contributed by atoms with Crippen molar-refractivity contribution in [1.29, 1.82) is 5.26 Å². The molecule has 0 saturated heterocycles. The number of hydrogen-bond donors (Lipinski definition) is 0. The topological polar surface area (TPSA) is 62.5 Å². The summed E-state index contributed by atoms with van der Waals surface area (Å²) in [5, 5.41) is 10.2. The molecule has 3 rings (SSSR count). The van der Waals surface area contributed by atoms with Crippen LogP contribution >= 0.6 is 11.3 Å². The molecule has 0 aliphatic heterocycles. The SMILES string of the molecule is CCc1nc(-c2cccnc2)sc1-c1ncccc1C#N. The third-order valence-corrected chi connectivity index (χ3v) is 4.24. The lowest BCUT2D eigenvalue weighted by atomic mass is 10.1. The quantitative estimate of drug-likeness (QED) is 0.738. The molecule has 3 aromatic heterocycles. The van der Waals surface area contributed by atoms with Gasteiger partial charge in [0.1, 0.15) is 11.1 Å². The third kappa shape index (κ3) is 2.54. The lowest BCUT2D eigenvalue weighted by molar-refractivity contribution is 1.06. The van der Waals surface area contributed by atoms with Gasteiger partial charge in [-0.3, -0.25) is 9.97 Å². The minimum absolute atomic E-state index is 0.577. The molecule has 0 aliphatic carbocycles. The van der Waals surface area contributed by atoms with Gasteiger partial charge in [0.15, 0.2) is 0 Å². The van der Waals surface area contributed by atoms with Crippen LogP contribution in [-0.4, -0.2) is 15.0 Å². The van der Waals surface area contributed by atoms with Crippen molar-refractivity contribution in [3.05, 3.63) is 54.1 Å². The second kappa shape index (κ2) is 5.81. The summed E-state index contributed by atoms with van der Waals surface area (Å²) in [5.41, 5.74) is 3.24. The molecule has 4 nitrogen and oxygen atoms in total. The van der Waals surface area contributed by atoms with Gasteiger partial charge in [0.25, 0.3) is 0 Å². The fraction of sp³-hybridized carbons (Fsp3) is 0.125.